The Bertz CT molecular complexity index is 403. The molecule has 1 heterocycles. The summed E-state index contributed by atoms with van der Waals surface area (Å²) < 4.78 is 0. The Kier molecular flexibility index (Phi) is 4.19. The number of hydrogen-bond donors (Lipinski definition) is 1. The van der Waals surface area contributed by atoms with Crippen molar-refractivity contribution in [3.63, 3.8) is 0 Å². The highest BCUT2D eigenvalue weighted by atomic mass is 15.2. The predicted octanol–water partition coefficient (Wildman–Crippen LogP) is 2.93. The van der Waals surface area contributed by atoms with Crippen LogP contribution >= 0.6 is 0 Å². The Morgan fingerprint density at radius 2 is 2.00 bits per heavy atom. The lowest BCUT2D eigenvalue weighted by atomic mass is 9.75. The van der Waals surface area contributed by atoms with Crippen LogP contribution in [-0.4, -0.2) is 37.1 Å². The maximum Gasteiger partial charge on any atom is 0.0107 e. The Morgan fingerprint density at radius 1 is 1.21 bits per heavy atom. The molecule has 1 aromatic rings. The summed E-state index contributed by atoms with van der Waals surface area (Å²) in [7, 11) is 0. The Morgan fingerprint density at radius 3 is 2.74 bits per heavy atom. The lowest BCUT2D eigenvalue weighted by Gasteiger charge is -2.37. The van der Waals surface area contributed by atoms with E-state index in [1.807, 2.05) is 0 Å². The highest BCUT2D eigenvalue weighted by Gasteiger charge is 2.29. The van der Waals surface area contributed by atoms with Crippen LogP contribution in [0.2, 0.25) is 0 Å². The fourth-order valence-electron chi connectivity index (χ4n) is 3.41. The molecule has 1 aliphatic carbocycles. The van der Waals surface area contributed by atoms with Gasteiger partial charge in [0.2, 0.25) is 0 Å². The monoisotopic (exact) mass is 258 g/mol. The minimum atomic E-state index is 0.758. The number of rotatable bonds is 5. The van der Waals surface area contributed by atoms with Crippen molar-refractivity contribution in [1.29, 1.82) is 0 Å². The van der Waals surface area contributed by atoms with E-state index in [0.29, 0.717) is 0 Å². The van der Waals surface area contributed by atoms with Crippen molar-refractivity contribution in [1.82, 2.24) is 10.2 Å². The predicted molar refractivity (Wildman–Crippen MR) is 80.6 cm³/mol. The highest BCUT2D eigenvalue weighted by Crippen LogP contribution is 2.36. The summed E-state index contributed by atoms with van der Waals surface area (Å²) >= 11 is 0. The average Bonchev–Trinajstić information content (AvgIpc) is 2.85. The molecule has 0 bridgehead atoms. The molecule has 0 amide bonds. The van der Waals surface area contributed by atoms with Gasteiger partial charge in [0.15, 0.2) is 0 Å². The van der Waals surface area contributed by atoms with Gasteiger partial charge in [-0.1, -0.05) is 29.8 Å². The van der Waals surface area contributed by atoms with Crippen LogP contribution in [0.15, 0.2) is 24.3 Å². The fraction of sp³-hybridized carbons (Fsp3) is 0.647. The summed E-state index contributed by atoms with van der Waals surface area (Å²) in [6.45, 7) is 7.24. The summed E-state index contributed by atoms with van der Waals surface area (Å²) in [5, 5.41) is 3.72. The van der Waals surface area contributed by atoms with Gasteiger partial charge in [0.25, 0.3) is 0 Å². The van der Waals surface area contributed by atoms with Gasteiger partial charge in [-0.05, 0) is 57.2 Å². The number of benzene rings is 1. The van der Waals surface area contributed by atoms with Crippen LogP contribution in [0.4, 0.5) is 0 Å². The topological polar surface area (TPSA) is 15.3 Å². The van der Waals surface area contributed by atoms with Gasteiger partial charge in [0, 0.05) is 19.1 Å². The molecule has 104 valence electrons. The van der Waals surface area contributed by atoms with Crippen LogP contribution in [0.1, 0.15) is 42.7 Å². The van der Waals surface area contributed by atoms with E-state index >= 15 is 0 Å². The molecule has 2 fully saturated rings. The van der Waals surface area contributed by atoms with Gasteiger partial charge in [-0.2, -0.15) is 0 Å². The lowest BCUT2D eigenvalue weighted by Crippen LogP contribution is -2.43. The SMILES string of the molecule is Cc1cccc(C2CC(NCCN3CCCC3)C2)c1. The second kappa shape index (κ2) is 6.06. The molecule has 0 radical (unpaired) electrons. The molecule has 1 saturated carbocycles. The van der Waals surface area contributed by atoms with Crippen molar-refractivity contribution in [3.8, 4) is 0 Å². The second-order valence-corrected chi connectivity index (χ2v) is 6.28. The Balaban J connectivity index is 1.36. The molecular weight excluding hydrogens is 232 g/mol. The van der Waals surface area contributed by atoms with Gasteiger partial charge < -0.3 is 10.2 Å². The van der Waals surface area contributed by atoms with Crippen molar-refractivity contribution >= 4 is 0 Å². The maximum absolute atomic E-state index is 3.72. The lowest BCUT2D eigenvalue weighted by molar-refractivity contribution is 0.266. The molecule has 0 unspecified atom stereocenters. The van der Waals surface area contributed by atoms with Crippen LogP contribution in [0.5, 0.6) is 0 Å². The molecule has 2 heteroatoms. The number of nitrogens with zero attached hydrogens (tertiary/aromatic N) is 1. The molecule has 1 saturated heterocycles. The van der Waals surface area contributed by atoms with Crippen molar-refractivity contribution in [3.05, 3.63) is 35.4 Å². The number of hydrogen-bond acceptors (Lipinski definition) is 2. The van der Waals surface area contributed by atoms with E-state index in [2.05, 4.69) is 41.4 Å². The molecular formula is C17H26N2. The van der Waals surface area contributed by atoms with E-state index in [-0.39, 0.29) is 0 Å². The quantitative estimate of drug-likeness (QED) is 0.873. The molecule has 19 heavy (non-hydrogen) atoms. The second-order valence-electron chi connectivity index (χ2n) is 6.28. The smallest absolute Gasteiger partial charge is 0.0107 e. The molecule has 1 aromatic carbocycles. The molecule has 1 N–H and O–H groups in total. The van der Waals surface area contributed by atoms with Gasteiger partial charge in [-0.15, -0.1) is 0 Å². The van der Waals surface area contributed by atoms with Crippen LogP contribution in [-0.2, 0) is 0 Å². The van der Waals surface area contributed by atoms with E-state index < -0.39 is 0 Å². The normalized spacial score (nSPS) is 27.4. The van der Waals surface area contributed by atoms with Crippen molar-refractivity contribution < 1.29 is 0 Å². The summed E-state index contributed by atoms with van der Waals surface area (Å²) in [5.74, 6) is 0.796. The molecule has 0 aromatic heterocycles. The van der Waals surface area contributed by atoms with Crippen LogP contribution in [0.3, 0.4) is 0 Å². The summed E-state index contributed by atoms with van der Waals surface area (Å²) in [6, 6.07) is 9.78. The zero-order valence-electron chi connectivity index (χ0n) is 12.1. The third-order valence-corrected chi connectivity index (χ3v) is 4.71. The van der Waals surface area contributed by atoms with Gasteiger partial charge in [-0.25, -0.2) is 0 Å². The van der Waals surface area contributed by atoms with E-state index in [9.17, 15) is 0 Å². The number of aryl methyl sites for hydroxylation is 1. The van der Waals surface area contributed by atoms with E-state index in [1.165, 1.54) is 63.0 Å². The van der Waals surface area contributed by atoms with Crippen molar-refractivity contribution in [2.24, 2.45) is 0 Å². The third-order valence-electron chi connectivity index (χ3n) is 4.71. The van der Waals surface area contributed by atoms with E-state index in [4.69, 9.17) is 0 Å². The van der Waals surface area contributed by atoms with Gasteiger partial charge >= 0.3 is 0 Å². The van der Waals surface area contributed by atoms with Crippen molar-refractivity contribution in [2.45, 2.75) is 44.6 Å². The first kappa shape index (κ1) is 13.1. The van der Waals surface area contributed by atoms with Gasteiger partial charge in [0.05, 0.1) is 0 Å². The number of likely N-dealkylation sites (tertiary alicyclic amines) is 1. The van der Waals surface area contributed by atoms with Crippen LogP contribution in [0, 0.1) is 6.92 Å². The molecule has 2 aliphatic rings. The van der Waals surface area contributed by atoms with E-state index in [0.717, 1.165) is 12.0 Å². The fourth-order valence-corrected chi connectivity index (χ4v) is 3.41. The Hall–Kier alpha value is -0.860. The molecule has 0 spiro atoms. The first-order valence-corrected chi connectivity index (χ1v) is 7.83. The van der Waals surface area contributed by atoms with E-state index in [1.54, 1.807) is 0 Å². The molecule has 0 atom stereocenters. The first-order chi connectivity index (χ1) is 9.31. The Labute approximate surface area is 117 Å². The average molecular weight is 258 g/mol. The molecule has 2 nitrogen and oxygen atoms in total. The minimum Gasteiger partial charge on any atom is -0.313 e. The zero-order chi connectivity index (χ0) is 13.1. The molecule has 1 aliphatic heterocycles. The van der Waals surface area contributed by atoms with Crippen molar-refractivity contribution in [2.75, 3.05) is 26.2 Å². The van der Waals surface area contributed by atoms with Crippen LogP contribution < -0.4 is 5.32 Å². The zero-order valence-corrected chi connectivity index (χ0v) is 12.1. The summed E-state index contributed by atoms with van der Waals surface area (Å²) in [5.41, 5.74) is 2.93. The highest BCUT2D eigenvalue weighted by molar-refractivity contribution is 5.27. The standard InChI is InChI=1S/C17H26N2/c1-14-5-4-6-15(11-14)16-12-17(13-16)18-7-10-19-8-2-3-9-19/h4-6,11,16-18H,2-3,7-10,12-13H2,1H3. The summed E-state index contributed by atoms with van der Waals surface area (Å²) in [6.07, 6.45) is 5.45. The first-order valence-electron chi connectivity index (χ1n) is 7.83. The van der Waals surface area contributed by atoms with Crippen LogP contribution in [0.25, 0.3) is 0 Å². The van der Waals surface area contributed by atoms with Gasteiger partial charge in [-0.3, -0.25) is 0 Å². The maximum atomic E-state index is 3.72. The minimum absolute atomic E-state index is 0.758. The third kappa shape index (κ3) is 3.37. The largest absolute Gasteiger partial charge is 0.313 e. The van der Waals surface area contributed by atoms with Gasteiger partial charge in [0.1, 0.15) is 0 Å². The number of nitrogens with one attached hydrogen (secondary N) is 1. The summed E-state index contributed by atoms with van der Waals surface area (Å²) in [4.78, 5) is 2.59. The molecule has 3 rings (SSSR count).